The monoisotopic (exact) mass is 233 g/mol. The molecule has 1 aliphatic rings. The summed E-state index contributed by atoms with van der Waals surface area (Å²) < 4.78 is 5.94. The van der Waals surface area contributed by atoms with Gasteiger partial charge in [0, 0.05) is 10.7 Å². The van der Waals surface area contributed by atoms with Crippen molar-refractivity contribution in [3.8, 4) is 0 Å². The van der Waals surface area contributed by atoms with Gasteiger partial charge in [0.25, 0.3) is 0 Å². The standard InChI is InChI=1S/C7H5BrClNO/c8-4-1-6(7-3-11-7)10-2-5(4)9/h1-2,7H,3H2. The molecule has 0 bridgehead atoms. The zero-order valence-electron chi connectivity index (χ0n) is 5.55. The minimum Gasteiger partial charge on any atom is -0.366 e. The van der Waals surface area contributed by atoms with Crippen LogP contribution in [0.3, 0.4) is 0 Å². The molecule has 0 radical (unpaired) electrons. The molecule has 2 rings (SSSR count). The Morgan fingerprint density at radius 2 is 2.45 bits per heavy atom. The van der Waals surface area contributed by atoms with Crippen LogP contribution < -0.4 is 0 Å². The van der Waals surface area contributed by atoms with Crippen molar-refractivity contribution >= 4 is 27.5 Å². The molecule has 1 aromatic rings. The van der Waals surface area contributed by atoms with Gasteiger partial charge in [-0.15, -0.1) is 0 Å². The van der Waals surface area contributed by atoms with Crippen molar-refractivity contribution in [2.24, 2.45) is 0 Å². The second kappa shape index (κ2) is 2.73. The topological polar surface area (TPSA) is 25.4 Å². The van der Waals surface area contributed by atoms with Crippen LogP contribution in [0.1, 0.15) is 11.8 Å². The summed E-state index contributed by atoms with van der Waals surface area (Å²) in [6.45, 7) is 0.779. The van der Waals surface area contributed by atoms with Gasteiger partial charge in [0.1, 0.15) is 6.10 Å². The van der Waals surface area contributed by atoms with Crippen LogP contribution in [-0.2, 0) is 4.74 Å². The molecular formula is C7H5BrClNO. The van der Waals surface area contributed by atoms with Crippen molar-refractivity contribution in [3.05, 3.63) is 27.5 Å². The van der Waals surface area contributed by atoms with Crippen molar-refractivity contribution in [1.29, 1.82) is 0 Å². The van der Waals surface area contributed by atoms with Crippen molar-refractivity contribution in [2.75, 3.05) is 6.61 Å². The maximum Gasteiger partial charge on any atom is 0.123 e. The summed E-state index contributed by atoms with van der Waals surface area (Å²) in [5.74, 6) is 0. The minimum absolute atomic E-state index is 0.198. The highest BCUT2D eigenvalue weighted by Crippen LogP contribution is 2.31. The van der Waals surface area contributed by atoms with Crippen LogP contribution in [0.15, 0.2) is 16.7 Å². The molecule has 0 aliphatic carbocycles. The molecular weight excluding hydrogens is 229 g/mol. The van der Waals surface area contributed by atoms with Crippen molar-refractivity contribution in [3.63, 3.8) is 0 Å². The van der Waals surface area contributed by atoms with Gasteiger partial charge < -0.3 is 4.74 Å². The molecule has 1 atom stereocenters. The highest BCUT2D eigenvalue weighted by Gasteiger charge is 2.26. The highest BCUT2D eigenvalue weighted by molar-refractivity contribution is 9.10. The van der Waals surface area contributed by atoms with E-state index < -0.39 is 0 Å². The number of pyridine rings is 1. The molecule has 11 heavy (non-hydrogen) atoms. The molecule has 0 aromatic carbocycles. The fourth-order valence-electron chi connectivity index (χ4n) is 0.824. The summed E-state index contributed by atoms with van der Waals surface area (Å²) in [5.41, 5.74) is 0.946. The van der Waals surface area contributed by atoms with E-state index in [1.165, 1.54) is 0 Å². The lowest BCUT2D eigenvalue weighted by Gasteiger charge is -1.97. The highest BCUT2D eigenvalue weighted by atomic mass is 79.9. The largest absolute Gasteiger partial charge is 0.366 e. The first-order chi connectivity index (χ1) is 5.27. The fourth-order valence-corrected chi connectivity index (χ4v) is 1.26. The molecule has 1 fully saturated rings. The van der Waals surface area contributed by atoms with Crippen LogP contribution in [-0.4, -0.2) is 11.6 Å². The quantitative estimate of drug-likeness (QED) is 0.698. The van der Waals surface area contributed by atoms with Gasteiger partial charge in [-0.25, -0.2) is 0 Å². The molecule has 2 nitrogen and oxygen atoms in total. The van der Waals surface area contributed by atoms with Crippen LogP contribution in [0.4, 0.5) is 0 Å². The molecule has 0 N–H and O–H groups in total. The number of hydrogen-bond acceptors (Lipinski definition) is 2. The fraction of sp³-hybridized carbons (Fsp3) is 0.286. The minimum atomic E-state index is 0.198. The summed E-state index contributed by atoms with van der Waals surface area (Å²) >= 11 is 9.07. The Hall–Kier alpha value is -0.120. The Kier molecular flexibility index (Phi) is 1.87. The van der Waals surface area contributed by atoms with Gasteiger partial charge in [0.15, 0.2) is 0 Å². The molecule has 58 valence electrons. The van der Waals surface area contributed by atoms with Crippen molar-refractivity contribution in [2.45, 2.75) is 6.10 Å². The van der Waals surface area contributed by atoms with Crippen LogP contribution >= 0.6 is 27.5 Å². The Morgan fingerprint density at radius 1 is 1.73 bits per heavy atom. The smallest absolute Gasteiger partial charge is 0.123 e. The number of ether oxygens (including phenoxy) is 1. The predicted octanol–water partition coefficient (Wildman–Crippen LogP) is 2.57. The summed E-state index contributed by atoms with van der Waals surface area (Å²) in [4.78, 5) is 4.11. The molecule has 0 spiro atoms. The maximum absolute atomic E-state index is 5.76. The van der Waals surface area contributed by atoms with Crippen LogP contribution in [0.25, 0.3) is 0 Å². The number of aromatic nitrogens is 1. The van der Waals surface area contributed by atoms with Crippen LogP contribution in [0, 0.1) is 0 Å². The first-order valence-electron chi connectivity index (χ1n) is 3.20. The van der Waals surface area contributed by atoms with Crippen LogP contribution in [0.2, 0.25) is 5.02 Å². The summed E-state index contributed by atoms with van der Waals surface area (Å²) in [7, 11) is 0. The van der Waals surface area contributed by atoms with Gasteiger partial charge in [-0.2, -0.15) is 0 Å². The molecule has 2 heterocycles. The van der Waals surface area contributed by atoms with E-state index in [1.807, 2.05) is 6.07 Å². The summed E-state index contributed by atoms with van der Waals surface area (Å²) in [6.07, 6.45) is 1.83. The van der Waals surface area contributed by atoms with E-state index in [2.05, 4.69) is 20.9 Å². The second-order valence-electron chi connectivity index (χ2n) is 2.35. The lowest BCUT2D eigenvalue weighted by atomic mass is 10.3. The van der Waals surface area contributed by atoms with E-state index in [0.29, 0.717) is 5.02 Å². The van der Waals surface area contributed by atoms with E-state index >= 15 is 0 Å². The first kappa shape index (κ1) is 7.53. The summed E-state index contributed by atoms with van der Waals surface area (Å²) in [5, 5.41) is 0.634. The number of rotatable bonds is 1. The SMILES string of the molecule is Clc1cnc(C2CO2)cc1Br. The number of nitrogens with zero attached hydrogens (tertiary/aromatic N) is 1. The molecule has 4 heteroatoms. The molecule has 0 saturated carbocycles. The van der Waals surface area contributed by atoms with Gasteiger partial charge in [-0.05, 0) is 22.0 Å². The van der Waals surface area contributed by atoms with Crippen LogP contribution in [0.5, 0.6) is 0 Å². The van der Waals surface area contributed by atoms with E-state index in [0.717, 1.165) is 16.8 Å². The lowest BCUT2D eigenvalue weighted by Crippen LogP contribution is -1.86. The van der Waals surface area contributed by atoms with E-state index in [9.17, 15) is 0 Å². The number of halogens is 2. The summed E-state index contributed by atoms with van der Waals surface area (Å²) in [6, 6.07) is 1.89. The van der Waals surface area contributed by atoms with Gasteiger partial charge in [0.05, 0.1) is 17.3 Å². The van der Waals surface area contributed by atoms with Crippen molar-refractivity contribution in [1.82, 2.24) is 4.98 Å². The maximum atomic E-state index is 5.76. The Bertz CT molecular complexity index is 288. The Morgan fingerprint density at radius 3 is 3.00 bits per heavy atom. The third kappa shape index (κ3) is 1.55. The predicted molar refractivity (Wildman–Crippen MR) is 45.6 cm³/mol. The van der Waals surface area contributed by atoms with E-state index in [1.54, 1.807) is 6.20 Å². The third-order valence-electron chi connectivity index (χ3n) is 1.49. The molecule has 0 amide bonds. The molecule has 1 aromatic heterocycles. The van der Waals surface area contributed by atoms with E-state index in [4.69, 9.17) is 16.3 Å². The van der Waals surface area contributed by atoms with E-state index in [-0.39, 0.29) is 6.10 Å². The molecule has 1 aliphatic heterocycles. The zero-order chi connectivity index (χ0) is 7.84. The Labute approximate surface area is 77.7 Å². The van der Waals surface area contributed by atoms with Gasteiger partial charge in [-0.3, -0.25) is 4.98 Å². The van der Waals surface area contributed by atoms with Gasteiger partial charge >= 0.3 is 0 Å². The molecule has 1 saturated heterocycles. The van der Waals surface area contributed by atoms with Crippen molar-refractivity contribution < 1.29 is 4.74 Å². The first-order valence-corrected chi connectivity index (χ1v) is 4.37. The number of epoxide rings is 1. The third-order valence-corrected chi connectivity index (χ3v) is 2.68. The Balaban J connectivity index is 2.36. The zero-order valence-corrected chi connectivity index (χ0v) is 7.89. The average molecular weight is 234 g/mol. The van der Waals surface area contributed by atoms with Gasteiger partial charge in [0.2, 0.25) is 0 Å². The molecule has 1 unspecified atom stereocenters. The average Bonchev–Trinajstić information content (AvgIpc) is 2.77. The number of hydrogen-bond donors (Lipinski definition) is 0. The normalized spacial score (nSPS) is 21.8. The lowest BCUT2D eigenvalue weighted by molar-refractivity contribution is 0.411. The second-order valence-corrected chi connectivity index (χ2v) is 3.61. The van der Waals surface area contributed by atoms with Gasteiger partial charge in [-0.1, -0.05) is 11.6 Å².